The zero-order valence-electron chi connectivity index (χ0n) is 7.66. The van der Waals surface area contributed by atoms with E-state index < -0.39 is 0 Å². The number of hydrogen-bond donors (Lipinski definition) is 1. The highest BCUT2D eigenvalue weighted by Crippen LogP contribution is 2.05. The molecule has 0 N–H and O–H groups in total. The van der Waals surface area contributed by atoms with Crippen LogP contribution in [0.5, 0.6) is 0 Å². The summed E-state index contributed by atoms with van der Waals surface area (Å²) in [5.74, 6) is 0. The van der Waals surface area contributed by atoms with Crippen LogP contribution in [-0.4, -0.2) is 27.7 Å². The van der Waals surface area contributed by atoms with Gasteiger partial charge in [-0.15, -0.1) is 12.6 Å². The Bertz CT molecular complexity index is 124. The summed E-state index contributed by atoms with van der Waals surface area (Å²) in [6.07, 6.45) is 0. The Morgan fingerprint density at radius 1 is 1.27 bits per heavy atom. The predicted molar refractivity (Wildman–Crippen MR) is 58.6 cm³/mol. The van der Waals surface area contributed by atoms with E-state index in [0.29, 0.717) is 12.1 Å². The van der Waals surface area contributed by atoms with Crippen LogP contribution in [0.15, 0.2) is 0 Å². The first kappa shape index (κ1) is 11.4. The predicted octanol–water partition coefficient (Wildman–Crippen LogP) is 2.36. The largest absolute Gasteiger partial charge is 0.293 e. The van der Waals surface area contributed by atoms with E-state index in [2.05, 4.69) is 45.2 Å². The van der Waals surface area contributed by atoms with E-state index >= 15 is 0 Å². The molecule has 0 aromatic heterocycles. The number of nitrogens with zero attached hydrogens (tertiary/aromatic N) is 1. The zero-order chi connectivity index (χ0) is 9.02. The van der Waals surface area contributed by atoms with Crippen molar-refractivity contribution in [3.63, 3.8) is 0 Å². The van der Waals surface area contributed by atoms with Gasteiger partial charge in [0, 0.05) is 18.6 Å². The van der Waals surface area contributed by atoms with Gasteiger partial charge in [-0.05, 0) is 27.7 Å². The van der Waals surface area contributed by atoms with Crippen molar-refractivity contribution in [3.8, 4) is 0 Å². The number of thiol groups is 1. The molecule has 0 amide bonds. The smallest absolute Gasteiger partial charge is 0.0589 e. The van der Waals surface area contributed by atoms with Crippen LogP contribution in [0.25, 0.3) is 0 Å². The van der Waals surface area contributed by atoms with Crippen molar-refractivity contribution in [1.29, 1.82) is 0 Å². The van der Waals surface area contributed by atoms with Gasteiger partial charge in [-0.3, -0.25) is 4.90 Å². The highest BCUT2D eigenvalue weighted by atomic mass is 32.1. The first-order valence-electron chi connectivity index (χ1n) is 3.92. The van der Waals surface area contributed by atoms with Gasteiger partial charge in [0.25, 0.3) is 0 Å². The van der Waals surface area contributed by atoms with E-state index in [4.69, 9.17) is 12.2 Å². The summed E-state index contributed by atoms with van der Waals surface area (Å²) in [6, 6.07) is 1.08. The number of rotatable bonds is 4. The van der Waals surface area contributed by atoms with Crippen molar-refractivity contribution < 1.29 is 0 Å². The minimum atomic E-state index is 0.542. The number of thiocarbonyl (C=S) groups is 1. The molecule has 0 radical (unpaired) electrons. The Kier molecular flexibility index (Phi) is 5.30. The van der Waals surface area contributed by atoms with Gasteiger partial charge in [0.1, 0.15) is 0 Å². The molecule has 0 saturated heterocycles. The highest BCUT2D eigenvalue weighted by Gasteiger charge is 2.13. The highest BCUT2D eigenvalue weighted by molar-refractivity contribution is 8.11. The fraction of sp³-hybridized carbons (Fsp3) is 0.875. The van der Waals surface area contributed by atoms with Gasteiger partial charge >= 0.3 is 0 Å². The first-order chi connectivity index (χ1) is 4.95. The SMILES string of the molecule is CC(C)N(CC(=S)S)C(C)C. The Morgan fingerprint density at radius 2 is 1.64 bits per heavy atom. The van der Waals surface area contributed by atoms with Crippen LogP contribution < -0.4 is 0 Å². The third kappa shape index (κ3) is 4.77. The van der Waals surface area contributed by atoms with Crippen molar-refractivity contribution in [3.05, 3.63) is 0 Å². The van der Waals surface area contributed by atoms with Crippen LogP contribution >= 0.6 is 24.8 Å². The second-order valence-corrected chi connectivity index (χ2v) is 4.59. The average Bonchev–Trinajstić information content (AvgIpc) is 1.81. The van der Waals surface area contributed by atoms with Crippen molar-refractivity contribution in [2.45, 2.75) is 39.8 Å². The molecule has 0 atom stereocenters. The molecule has 66 valence electrons. The Morgan fingerprint density at radius 3 is 1.73 bits per heavy atom. The Balaban J connectivity index is 4.00. The lowest BCUT2D eigenvalue weighted by molar-refractivity contribution is 0.205. The van der Waals surface area contributed by atoms with E-state index in [9.17, 15) is 0 Å². The minimum absolute atomic E-state index is 0.542. The van der Waals surface area contributed by atoms with Crippen LogP contribution in [0, 0.1) is 0 Å². The van der Waals surface area contributed by atoms with Gasteiger partial charge in [0.05, 0.1) is 4.20 Å². The average molecular weight is 191 g/mol. The van der Waals surface area contributed by atoms with Gasteiger partial charge < -0.3 is 0 Å². The van der Waals surface area contributed by atoms with Crippen molar-refractivity contribution in [2.75, 3.05) is 6.54 Å². The van der Waals surface area contributed by atoms with Crippen molar-refractivity contribution >= 4 is 29.0 Å². The fourth-order valence-electron chi connectivity index (χ4n) is 1.12. The van der Waals surface area contributed by atoms with Gasteiger partial charge in [-0.2, -0.15) is 0 Å². The normalized spacial score (nSPS) is 11.6. The molecule has 0 bridgehead atoms. The maximum Gasteiger partial charge on any atom is 0.0589 e. The van der Waals surface area contributed by atoms with Gasteiger partial charge in [0.15, 0.2) is 0 Å². The molecule has 0 aliphatic rings. The summed E-state index contributed by atoms with van der Waals surface area (Å²) in [7, 11) is 0. The summed E-state index contributed by atoms with van der Waals surface area (Å²) < 4.78 is 0.771. The minimum Gasteiger partial charge on any atom is -0.293 e. The van der Waals surface area contributed by atoms with Crippen molar-refractivity contribution in [1.82, 2.24) is 4.90 Å². The molecule has 0 saturated carbocycles. The van der Waals surface area contributed by atoms with E-state index in [1.807, 2.05) is 0 Å². The van der Waals surface area contributed by atoms with Crippen molar-refractivity contribution in [2.24, 2.45) is 0 Å². The third-order valence-electron chi connectivity index (χ3n) is 1.64. The summed E-state index contributed by atoms with van der Waals surface area (Å²) in [6.45, 7) is 9.50. The summed E-state index contributed by atoms with van der Waals surface area (Å²) in [5, 5.41) is 0. The lowest BCUT2D eigenvalue weighted by atomic mass is 10.2. The maximum absolute atomic E-state index is 4.93. The summed E-state index contributed by atoms with van der Waals surface area (Å²) in [5.41, 5.74) is 0. The standard InChI is InChI=1S/C8H17NS2/c1-6(2)9(7(3)4)5-8(10)11/h6-7H,5H2,1-4H3,(H,10,11). The molecule has 0 heterocycles. The van der Waals surface area contributed by atoms with Gasteiger partial charge in [-0.1, -0.05) is 12.2 Å². The van der Waals surface area contributed by atoms with E-state index in [-0.39, 0.29) is 0 Å². The van der Waals surface area contributed by atoms with Crippen LogP contribution in [0.2, 0.25) is 0 Å². The van der Waals surface area contributed by atoms with E-state index in [0.717, 1.165) is 10.7 Å². The molecular formula is C8H17NS2. The fourth-order valence-corrected chi connectivity index (χ4v) is 1.43. The molecule has 0 aliphatic heterocycles. The molecular weight excluding hydrogens is 174 g/mol. The van der Waals surface area contributed by atoms with Crippen LogP contribution in [0.4, 0.5) is 0 Å². The second-order valence-electron chi connectivity index (χ2n) is 3.25. The molecule has 0 fully saturated rings. The summed E-state index contributed by atoms with van der Waals surface area (Å²) >= 11 is 9.05. The molecule has 0 rings (SSSR count). The molecule has 1 nitrogen and oxygen atoms in total. The molecule has 11 heavy (non-hydrogen) atoms. The lowest BCUT2D eigenvalue weighted by Gasteiger charge is -2.29. The summed E-state index contributed by atoms with van der Waals surface area (Å²) in [4.78, 5) is 2.31. The molecule has 0 unspecified atom stereocenters. The molecule has 0 aromatic rings. The van der Waals surface area contributed by atoms with E-state index in [1.54, 1.807) is 0 Å². The molecule has 0 aromatic carbocycles. The topological polar surface area (TPSA) is 3.24 Å². The molecule has 0 aliphatic carbocycles. The third-order valence-corrected chi connectivity index (χ3v) is 1.91. The van der Waals surface area contributed by atoms with Crippen LogP contribution in [0.1, 0.15) is 27.7 Å². The van der Waals surface area contributed by atoms with E-state index in [1.165, 1.54) is 0 Å². The van der Waals surface area contributed by atoms with Crippen LogP contribution in [-0.2, 0) is 0 Å². The molecule has 3 heteroatoms. The Hall–Kier alpha value is 0.400. The molecule has 0 spiro atoms. The monoisotopic (exact) mass is 191 g/mol. The first-order valence-corrected chi connectivity index (χ1v) is 4.78. The second kappa shape index (κ2) is 5.12. The Labute approximate surface area is 80.6 Å². The van der Waals surface area contributed by atoms with Gasteiger partial charge in [0.2, 0.25) is 0 Å². The number of hydrogen-bond acceptors (Lipinski definition) is 2. The lowest BCUT2D eigenvalue weighted by Crippen LogP contribution is -2.39. The van der Waals surface area contributed by atoms with Crippen LogP contribution in [0.3, 0.4) is 0 Å². The zero-order valence-corrected chi connectivity index (χ0v) is 9.38. The maximum atomic E-state index is 4.93. The van der Waals surface area contributed by atoms with Gasteiger partial charge in [-0.25, -0.2) is 0 Å². The quantitative estimate of drug-likeness (QED) is 0.537.